The van der Waals surface area contributed by atoms with Crippen LogP contribution >= 0.6 is 15.9 Å². The number of halogens is 1. The molecule has 1 atom stereocenters. The average Bonchev–Trinajstić information content (AvgIpc) is 2.30. The molecule has 0 fully saturated rings. The molecule has 0 aromatic heterocycles. The highest BCUT2D eigenvalue weighted by molar-refractivity contribution is 9.10. The molecule has 0 spiro atoms. The van der Waals surface area contributed by atoms with E-state index < -0.39 is 5.97 Å². The fraction of sp³-hybridized carbons (Fsp3) is 0.308. The molecule has 2 rings (SSSR count). The Morgan fingerprint density at radius 2 is 2.06 bits per heavy atom. The van der Waals surface area contributed by atoms with Gasteiger partial charge in [0.15, 0.2) is 0 Å². The van der Waals surface area contributed by atoms with E-state index in [9.17, 15) is 4.79 Å². The lowest BCUT2D eigenvalue weighted by atomic mass is 10.1. The third kappa shape index (κ3) is 5.54. The lowest BCUT2D eigenvalue weighted by Crippen LogP contribution is -2.17. The molecular weight excluding hydrogens is 284 g/mol. The predicted octanol–water partition coefficient (Wildman–Crippen LogP) is 3.46. The molecule has 1 heterocycles. The highest BCUT2D eigenvalue weighted by Crippen LogP contribution is 2.25. The average molecular weight is 299 g/mol. The summed E-state index contributed by atoms with van der Waals surface area (Å²) in [5.41, 5.74) is 0.331. The Bertz CT molecular complexity index is 385. The lowest BCUT2D eigenvalue weighted by molar-refractivity contribution is 0.0697. The van der Waals surface area contributed by atoms with Crippen molar-refractivity contribution >= 4 is 21.9 Å². The van der Waals surface area contributed by atoms with Gasteiger partial charge in [0, 0.05) is 10.7 Å². The quantitative estimate of drug-likeness (QED) is 0.808. The van der Waals surface area contributed by atoms with E-state index in [1.54, 1.807) is 36.6 Å². The largest absolute Gasteiger partial charge is 0.501 e. The van der Waals surface area contributed by atoms with Crippen LogP contribution in [-0.4, -0.2) is 22.0 Å². The summed E-state index contributed by atoms with van der Waals surface area (Å²) in [4.78, 5) is 10.2. The molecule has 92 valence electrons. The van der Waals surface area contributed by atoms with E-state index >= 15 is 0 Å². The maximum Gasteiger partial charge on any atom is 0.335 e. The zero-order chi connectivity index (χ0) is 12.7. The molecule has 1 unspecified atom stereocenters. The molecule has 1 aliphatic heterocycles. The third-order valence-corrected chi connectivity index (χ3v) is 2.90. The van der Waals surface area contributed by atoms with Gasteiger partial charge in [-0.15, -0.1) is 0 Å². The molecule has 0 amide bonds. The number of hydrogen-bond donors (Lipinski definition) is 1. The minimum atomic E-state index is -0.879. The second kappa shape index (κ2) is 6.45. The fourth-order valence-electron chi connectivity index (χ4n) is 1.18. The minimum Gasteiger partial charge on any atom is -0.501 e. The zero-order valence-corrected chi connectivity index (χ0v) is 11.2. The van der Waals surface area contributed by atoms with Gasteiger partial charge in [0.05, 0.1) is 18.4 Å². The standard InChI is InChI=1S/C7H6O2.C6H9BrO/c8-7(9)6-4-2-1-3-5-6;1-6(7)2-4-8-5-3-6/h1-5H,(H,8,9);2,4H,3,5H2,1H3. The summed E-state index contributed by atoms with van der Waals surface area (Å²) in [5, 5.41) is 8.38. The van der Waals surface area contributed by atoms with Crippen molar-refractivity contribution in [3.8, 4) is 0 Å². The number of benzene rings is 1. The van der Waals surface area contributed by atoms with Crippen LogP contribution < -0.4 is 0 Å². The van der Waals surface area contributed by atoms with E-state index in [-0.39, 0.29) is 4.32 Å². The van der Waals surface area contributed by atoms with Gasteiger partial charge in [-0.25, -0.2) is 4.79 Å². The summed E-state index contributed by atoms with van der Waals surface area (Å²) in [6, 6.07) is 8.30. The van der Waals surface area contributed by atoms with Gasteiger partial charge in [-0.05, 0) is 25.1 Å². The minimum absolute atomic E-state index is 0.186. The first-order valence-corrected chi connectivity index (χ1v) is 6.07. The molecule has 0 bridgehead atoms. The lowest BCUT2D eigenvalue weighted by Gasteiger charge is -2.20. The molecule has 1 N–H and O–H groups in total. The van der Waals surface area contributed by atoms with Gasteiger partial charge >= 0.3 is 5.97 Å². The number of hydrogen-bond acceptors (Lipinski definition) is 2. The molecule has 1 aliphatic rings. The molecule has 1 aromatic carbocycles. The van der Waals surface area contributed by atoms with Crippen molar-refractivity contribution in [2.24, 2.45) is 0 Å². The van der Waals surface area contributed by atoms with Gasteiger partial charge < -0.3 is 9.84 Å². The smallest absolute Gasteiger partial charge is 0.335 e. The second-order valence-electron chi connectivity index (χ2n) is 3.87. The fourth-order valence-corrected chi connectivity index (χ4v) is 1.45. The molecular formula is C13H15BrO3. The monoisotopic (exact) mass is 298 g/mol. The molecule has 1 aromatic rings. The number of carbonyl (C=O) groups is 1. The number of ether oxygens (including phenoxy) is 1. The van der Waals surface area contributed by atoms with Gasteiger partial charge in [-0.3, -0.25) is 0 Å². The van der Waals surface area contributed by atoms with Crippen molar-refractivity contribution in [2.45, 2.75) is 17.7 Å². The van der Waals surface area contributed by atoms with Crippen LogP contribution in [0.4, 0.5) is 0 Å². The van der Waals surface area contributed by atoms with E-state index in [4.69, 9.17) is 9.84 Å². The molecule has 3 nitrogen and oxygen atoms in total. The summed E-state index contributed by atoms with van der Waals surface area (Å²) in [5.74, 6) is -0.879. The van der Waals surface area contributed by atoms with Crippen molar-refractivity contribution in [1.82, 2.24) is 0 Å². The summed E-state index contributed by atoms with van der Waals surface area (Å²) >= 11 is 3.53. The Morgan fingerprint density at radius 1 is 1.41 bits per heavy atom. The maximum atomic E-state index is 10.2. The Hall–Kier alpha value is -1.29. The number of aromatic carboxylic acids is 1. The van der Waals surface area contributed by atoms with Gasteiger partial charge in [-0.2, -0.15) is 0 Å². The molecule has 0 radical (unpaired) electrons. The zero-order valence-electron chi connectivity index (χ0n) is 9.60. The molecule has 17 heavy (non-hydrogen) atoms. The van der Waals surface area contributed by atoms with Crippen LogP contribution in [-0.2, 0) is 4.74 Å². The van der Waals surface area contributed by atoms with Crippen LogP contribution in [0.1, 0.15) is 23.7 Å². The van der Waals surface area contributed by atoms with Gasteiger partial charge in [0.25, 0.3) is 0 Å². The predicted molar refractivity (Wildman–Crippen MR) is 70.4 cm³/mol. The summed E-state index contributed by atoms with van der Waals surface area (Å²) in [7, 11) is 0. The summed E-state index contributed by atoms with van der Waals surface area (Å²) in [6.45, 7) is 2.96. The van der Waals surface area contributed by atoms with Crippen LogP contribution in [0.3, 0.4) is 0 Å². The number of rotatable bonds is 1. The normalized spacial score (nSPS) is 22.0. The van der Waals surface area contributed by atoms with Crippen molar-refractivity contribution in [1.29, 1.82) is 0 Å². The van der Waals surface area contributed by atoms with Gasteiger partial charge in [-0.1, -0.05) is 34.1 Å². The van der Waals surface area contributed by atoms with E-state index in [1.165, 1.54) is 0 Å². The first kappa shape index (κ1) is 13.8. The maximum absolute atomic E-state index is 10.2. The highest BCUT2D eigenvalue weighted by atomic mass is 79.9. The number of carboxylic acids is 1. The number of carboxylic acid groups (broad SMARTS) is 1. The summed E-state index contributed by atoms with van der Waals surface area (Å²) < 4.78 is 5.18. The first-order chi connectivity index (χ1) is 8.01. The van der Waals surface area contributed by atoms with E-state index in [1.807, 2.05) is 6.08 Å². The van der Waals surface area contributed by atoms with Gasteiger partial charge in [0.2, 0.25) is 0 Å². The SMILES string of the molecule is CC1(Br)C=COCC1.O=C(O)c1ccccc1. The Morgan fingerprint density at radius 3 is 2.35 bits per heavy atom. The van der Waals surface area contributed by atoms with E-state index in [0.29, 0.717) is 5.56 Å². The third-order valence-electron chi connectivity index (χ3n) is 2.24. The van der Waals surface area contributed by atoms with E-state index in [0.717, 1.165) is 13.0 Å². The summed E-state index contributed by atoms with van der Waals surface area (Å²) in [6.07, 6.45) is 4.83. The van der Waals surface area contributed by atoms with Gasteiger partial charge in [0.1, 0.15) is 0 Å². The first-order valence-electron chi connectivity index (χ1n) is 5.28. The highest BCUT2D eigenvalue weighted by Gasteiger charge is 2.18. The molecule has 0 aliphatic carbocycles. The van der Waals surface area contributed by atoms with E-state index in [2.05, 4.69) is 22.9 Å². The van der Waals surface area contributed by atoms with Crippen LogP contribution in [0.5, 0.6) is 0 Å². The van der Waals surface area contributed by atoms with Crippen molar-refractivity contribution in [3.05, 3.63) is 48.2 Å². The van der Waals surface area contributed by atoms with Crippen molar-refractivity contribution < 1.29 is 14.6 Å². The van der Waals surface area contributed by atoms with Crippen LogP contribution in [0.25, 0.3) is 0 Å². The van der Waals surface area contributed by atoms with Crippen molar-refractivity contribution in [3.63, 3.8) is 0 Å². The van der Waals surface area contributed by atoms with Crippen LogP contribution in [0, 0.1) is 0 Å². The number of allylic oxidation sites excluding steroid dienone is 1. The Labute approximate surface area is 109 Å². The number of alkyl halides is 1. The van der Waals surface area contributed by atoms with Crippen LogP contribution in [0.2, 0.25) is 0 Å². The topological polar surface area (TPSA) is 46.5 Å². The van der Waals surface area contributed by atoms with Crippen molar-refractivity contribution in [2.75, 3.05) is 6.61 Å². The molecule has 0 saturated heterocycles. The second-order valence-corrected chi connectivity index (χ2v) is 5.68. The molecule has 4 heteroatoms. The Balaban J connectivity index is 0.000000171. The Kier molecular flexibility index (Phi) is 5.22. The van der Waals surface area contributed by atoms with Crippen LogP contribution in [0.15, 0.2) is 42.7 Å². The molecule has 0 saturated carbocycles.